The van der Waals surface area contributed by atoms with Crippen LogP contribution < -0.4 is 4.72 Å². The maximum Gasteiger partial charge on any atom is 0.261 e. The quantitative estimate of drug-likeness (QED) is 0.877. The summed E-state index contributed by atoms with van der Waals surface area (Å²) in [7, 11) is -3.68. The average Bonchev–Trinajstić information content (AvgIpc) is 2.74. The number of anilines is 1. The number of hydrogen-bond donors (Lipinski definition) is 1. The predicted molar refractivity (Wildman–Crippen MR) is 76.7 cm³/mol. The molecule has 0 radical (unpaired) electrons. The van der Waals surface area contributed by atoms with Crippen LogP contribution in [-0.2, 0) is 21.2 Å². The molecule has 2 aromatic carbocycles. The number of sulfonamides is 1. The van der Waals surface area contributed by atoms with Gasteiger partial charge in [-0.1, -0.05) is 18.2 Å². The Bertz CT molecular complexity index is 841. The molecule has 6 heteroatoms. The summed E-state index contributed by atoms with van der Waals surface area (Å²) < 4.78 is 26.8. The third-order valence-electron chi connectivity index (χ3n) is 3.26. The number of carbonyl (C=O) groups is 2. The van der Waals surface area contributed by atoms with E-state index in [0.29, 0.717) is 16.8 Å². The first-order valence-corrected chi connectivity index (χ1v) is 7.74. The third kappa shape index (κ3) is 2.45. The molecule has 0 spiro atoms. The van der Waals surface area contributed by atoms with Gasteiger partial charge < -0.3 is 0 Å². The number of hydrogen-bond acceptors (Lipinski definition) is 4. The summed E-state index contributed by atoms with van der Waals surface area (Å²) in [6.45, 7) is 0. The molecule has 0 atom stereocenters. The Balaban J connectivity index is 1.92. The highest BCUT2D eigenvalue weighted by atomic mass is 32.2. The molecule has 5 nitrogen and oxygen atoms in total. The highest BCUT2D eigenvalue weighted by Gasteiger charge is 2.28. The number of ketones is 2. The van der Waals surface area contributed by atoms with Gasteiger partial charge in [0, 0.05) is 17.7 Å². The first-order chi connectivity index (χ1) is 9.97. The lowest BCUT2D eigenvalue weighted by Crippen LogP contribution is -2.13. The molecular formula is C15H11NO4S. The highest BCUT2D eigenvalue weighted by molar-refractivity contribution is 7.92. The largest absolute Gasteiger partial charge is 0.290 e. The van der Waals surface area contributed by atoms with Crippen LogP contribution in [0.1, 0.15) is 15.9 Å². The molecule has 3 rings (SSSR count). The fourth-order valence-electron chi connectivity index (χ4n) is 2.24. The van der Waals surface area contributed by atoms with Crippen molar-refractivity contribution in [1.82, 2.24) is 0 Å². The van der Waals surface area contributed by atoms with E-state index in [1.807, 2.05) is 0 Å². The van der Waals surface area contributed by atoms with Gasteiger partial charge in [-0.15, -0.1) is 0 Å². The second-order valence-electron chi connectivity index (χ2n) is 4.72. The number of benzene rings is 2. The standard InChI is InChI=1S/C15H11NO4S/c17-14-9-10-8-11(6-7-13(10)15(14)18)16-21(19,20)12-4-2-1-3-5-12/h1-8,16H,9H2. The van der Waals surface area contributed by atoms with Crippen LogP contribution in [0.3, 0.4) is 0 Å². The van der Waals surface area contributed by atoms with Gasteiger partial charge in [0.25, 0.3) is 10.0 Å². The Hall–Kier alpha value is -2.47. The summed E-state index contributed by atoms with van der Waals surface area (Å²) >= 11 is 0. The van der Waals surface area contributed by atoms with Crippen molar-refractivity contribution in [3.05, 3.63) is 59.7 Å². The van der Waals surface area contributed by atoms with Crippen LogP contribution in [0.5, 0.6) is 0 Å². The summed E-state index contributed by atoms with van der Waals surface area (Å²) in [5.41, 5.74) is 1.24. The molecule has 2 aromatic rings. The predicted octanol–water partition coefficient (Wildman–Crippen LogP) is 1.80. The van der Waals surface area contributed by atoms with Gasteiger partial charge in [-0.25, -0.2) is 8.42 Å². The zero-order chi connectivity index (χ0) is 15.0. The Morgan fingerprint density at radius 1 is 0.952 bits per heavy atom. The molecule has 0 saturated carbocycles. The van der Waals surface area contributed by atoms with Crippen LogP contribution in [0.2, 0.25) is 0 Å². The van der Waals surface area contributed by atoms with E-state index in [-0.39, 0.29) is 11.3 Å². The zero-order valence-corrected chi connectivity index (χ0v) is 11.7. The van der Waals surface area contributed by atoms with Gasteiger partial charge in [0.15, 0.2) is 0 Å². The first-order valence-electron chi connectivity index (χ1n) is 6.26. The van der Waals surface area contributed by atoms with Crippen LogP contribution >= 0.6 is 0 Å². The van der Waals surface area contributed by atoms with Gasteiger partial charge in [-0.05, 0) is 35.9 Å². The second-order valence-corrected chi connectivity index (χ2v) is 6.40. The van der Waals surface area contributed by atoms with E-state index < -0.39 is 21.6 Å². The zero-order valence-electron chi connectivity index (χ0n) is 10.9. The lowest BCUT2D eigenvalue weighted by molar-refractivity contribution is -0.114. The smallest absolute Gasteiger partial charge is 0.261 e. The van der Waals surface area contributed by atoms with Crippen LogP contribution in [0.25, 0.3) is 0 Å². The van der Waals surface area contributed by atoms with Crippen LogP contribution in [0.15, 0.2) is 53.4 Å². The first kappa shape index (κ1) is 13.5. The fraction of sp³-hybridized carbons (Fsp3) is 0.0667. The molecule has 0 aliphatic heterocycles. The monoisotopic (exact) mass is 301 g/mol. The second kappa shape index (κ2) is 4.82. The minimum absolute atomic E-state index is 0.0229. The van der Waals surface area contributed by atoms with Crippen LogP contribution in [0, 0.1) is 0 Å². The maximum absolute atomic E-state index is 12.2. The molecule has 1 aliphatic rings. The number of rotatable bonds is 3. The normalized spacial score (nSPS) is 14.1. The van der Waals surface area contributed by atoms with Crippen molar-refractivity contribution in [2.75, 3.05) is 4.72 Å². The number of nitrogens with one attached hydrogen (secondary N) is 1. The van der Waals surface area contributed by atoms with Gasteiger partial charge in [0.1, 0.15) is 0 Å². The molecule has 1 aliphatic carbocycles. The topological polar surface area (TPSA) is 80.3 Å². The lowest BCUT2D eigenvalue weighted by atomic mass is 10.1. The Morgan fingerprint density at radius 3 is 2.38 bits per heavy atom. The summed E-state index contributed by atoms with van der Waals surface area (Å²) in [5.74, 6) is -0.976. The van der Waals surface area contributed by atoms with Gasteiger partial charge in [-0.3, -0.25) is 14.3 Å². The minimum atomic E-state index is -3.68. The molecule has 0 bridgehead atoms. The number of Topliss-reactive ketones (excluding diaryl/α,β-unsaturated/α-hetero) is 2. The molecule has 106 valence electrons. The van der Waals surface area contributed by atoms with E-state index in [9.17, 15) is 18.0 Å². The van der Waals surface area contributed by atoms with E-state index in [2.05, 4.69) is 4.72 Å². The van der Waals surface area contributed by atoms with E-state index in [0.717, 1.165) is 0 Å². The molecular weight excluding hydrogens is 290 g/mol. The highest BCUT2D eigenvalue weighted by Crippen LogP contribution is 2.24. The number of carbonyl (C=O) groups excluding carboxylic acids is 2. The fourth-order valence-corrected chi connectivity index (χ4v) is 3.31. The summed E-state index contributed by atoms with van der Waals surface area (Å²) in [6, 6.07) is 12.5. The van der Waals surface area contributed by atoms with Gasteiger partial charge >= 0.3 is 0 Å². The van der Waals surface area contributed by atoms with Crippen molar-refractivity contribution in [3.63, 3.8) is 0 Å². The van der Waals surface area contributed by atoms with Crippen molar-refractivity contribution in [1.29, 1.82) is 0 Å². The van der Waals surface area contributed by atoms with Crippen molar-refractivity contribution < 1.29 is 18.0 Å². The molecule has 21 heavy (non-hydrogen) atoms. The van der Waals surface area contributed by atoms with E-state index >= 15 is 0 Å². The van der Waals surface area contributed by atoms with E-state index in [1.165, 1.54) is 30.3 Å². The third-order valence-corrected chi connectivity index (χ3v) is 4.66. The van der Waals surface area contributed by atoms with E-state index in [1.54, 1.807) is 18.2 Å². The Kier molecular flexibility index (Phi) is 3.10. The molecule has 0 amide bonds. The van der Waals surface area contributed by atoms with Crippen LogP contribution in [0.4, 0.5) is 5.69 Å². The lowest BCUT2D eigenvalue weighted by Gasteiger charge is -2.09. The van der Waals surface area contributed by atoms with E-state index in [4.69, 9.17) is 0 Å². The average molecular weight is 301 g/mol. The maximum atomic E-state index is 12.2. The molecule has 0 aromatic heterocycles. The minimum Gasteiger partial charge on any atom is -0.290 e. The Morgan fingerprint density at radius 2 is 1.67 bits per heavy atom. The summed E-state index contributed by atoms with van der Waals surface area (Å²) in [4.78, 5) is 23.0. The molecule has 0 saturated heterocycles. The van der Waals surface area contributed by atoms with Crippen molar-refractivity contribution >= 4 is 27.3 Å². The van der Waals surface area contributed by atoms with Gasteiger partial charge in [0.05, 0.1) is 4.90 Å². The van der Waals surface area contributed by atoms with Crippen molar-refractivity contribution in [2.24, 2.45) is 0 Å². The summed E-state index contributed by atoms with van der Waals surface area (Å²) in [6.07, 6.45) is 0.0229. The summed E-state index contributed by atoms with van der Waals surface area (Å²) in [5, 5.41) is 0. The van der Waals surface area contributed by atoms with Gasteiger partial charge in [0.2, 0.25) is 11.6 Å². The molecule has 0 unspecified atom stereocenters. The SMILES string of the molecule is O=C1Cc2cc(NS(=O)(=O)c3ccccc3)ccc2C1=O. The Labute approximate surface area is 121 Å². The van der Waals surface area contributed by atoms with Crippen molar-refractivity contribution in [3.8, 4) is 0 Å². The number of fused-ring (bicyclic) bond motifs is 1. The van der Waals surface area contributed by atoms with Gasteiger partial charge in [-0.2, -0.15) is 0 Å². The van der Waals surface area contributed by atoms with Crippen LogP contribution in [-0.4, -0.2) is 20.0 Å². The molecule has 1 N–H and O–H groups in total. The molecule has 0 heterocycles. The molecule has 0 fully saturated rings. The van der Waals surface area contributed by atoms with Crippen molar-refractivity contribution in [2.45, 2.75) is 11.3 Å².